The third-order valence-corrected chi connectivity index (χ3v) is 8.76. The molecule has 1 amide bonds. The molecule has 0 bridgehead atoms. The highest BCUT2D eigenvalue weighted by atomic mass is 32.2. The lowest BCUT2D eigenvalue weighted by Gasteiger charge is -2.26. The molecule has 0 radical (unpaired) electrons. The summed E-state index contributed by atoms with van der Waals surface area (Å²) in [5.74, 6) is -0.187. The molecule has 6 heteroatoms. The number of carbonyl (C=O) groups excluding carboxylic acids is 1. The summed E-state index contributed by atoms with van der Waals surface area (Å²) in [6, 6.07) is 29.5. The summed E-state index contributed by atoms with van der Waals surface area (Å²) in [5.41, 5.74) is 4.92. The lowest BCUT2D eigenvalue weighted by atomic mass is 9.78. The van der Waals surface area contributed by atoms with Gasteiger partial charge in [-0.25, -0.2) is 8.42 Å². The lowest BCUT2D eigenvalue weighted by Crippen LogP contribution is -2.40. The van der Waals surface area contributed by atoms with E-state index in [0.29, 0.717) is 17.0 Å². The molecule has 0 saturated heterocycles. The number of anilines is 1. The van der Waals surface area contributed by atoms with Crippen molar-refractivity contribution in [2.45, 2.75) is 44.9 Å². The second-order valence-corrected chi connectivity index (χ2v) is 11.8. The van der Waals surface area contributed by atoms with Crippen LogP contribution in [0.1, 0.15) is 41.7 Å². The highest BCUT2D eigenvalue weighted by Gasteiger charge is 2.32. The minimum Gasteiger partial charge on any atom is -0.484 e. The smallest absolute Gasteiger partial charge is 0.278 e. The molecule has 4 aromatic rings. The van der Waals surface area contributed by atoms with Crippen molar-refractivity contribution in [2.75, 3.05) is 10.9 Å². The standard InChI is InChI=1S/C32H33NO4S/c1-23-14-20-29(21-15-23)38(35,36)33(30-13-9-10-24(2)25(30)3)31(34)22-37-28-18-16-27(17-19-28)32(4,5)26-11-7-6-8-12-26/h6-21H,22H2,1-5H3. The fraction of sp³-hybridized carbons (Fsp3) is 0.219. The maximum atomic E-state index is 13.7. The average molecular weight is 528 g/mol. The van der Waals surface area contributed by atoms with Crippen molar-refractivity contribution in [3.8, 4) is 5.75 Å². The van der Waals surface area contributed by atoms with Crippen LogP contribution in [0, 0.1) is 20.8 Å². The number of ether oxygens (including phenoxy) is 1. The van der Waals surface area contributed by atoms with E-state index in [1.165, 1.54) is 17.7 Å². The van der Waals surface area contributed by atoms with Crippen LogP contribution in [0.15, 0.2) is 102 Å². The molecule has 4 rings (SSSR count). The second-order valence-electron chi connectivity index (χ2n) is 10.00. The first-order valence-corrected chi connectivity index (χ1v) is 14.0. The highest BCUT2D eigenvalue weighted by Crippen LogP contribution is 2.33. The van der Waals surface area contributed by atoms with Crippen molar-refractivity contribution in [3.63, 3.8) is 0 Å². The van der Waals surface area contributed by atoms with Crippen LogP contribution >= 0.6 is 0 Å². The van der Waals surface area contributed by atoms with Crippen LogP contribution in [0.25, 0.3) is 0 Å². The van der Waals surface area contributed by atoms with E-state index in [0.717, 1.165) is 21.0 Å². The van der Waals surface area contributed by atoms with Gasteiger partial charge in [0.15, 0.2) is 6.61 Å². The number of aryl methyl sites for hydroxylation is 2. The quantitative estimate of drug-likeness (QED) is 0.255. The SMILES string of the molecule is Cc1ccc(S(=O)(=O)N(C(=O)COc2ccc(C(C)(C)c3ccccc3)cc2)c2cccc(C)c2C)cc1. The average Bonchev–Trinajstić information content (AvgIpc) is 2.91. The van der Waals surface area contributed by atoms with Crippen LogP contribution < -0.4 is 9.04 Å². The van der Waals surface area contributed by atoms with Gasteiger partial charge >= 0.3 is 0 Å². The second kappa shape index (κ2) is 10.8. The Bertz CT molecular complexity index is 1530. The Hall–Kier alpha value is -3.90. The van der Waals surface area contributed by atoms with E-state index in [4.69, 9.17) is 4.74 Å². The van der Waals surface area contributed by atoms with Crippen LogP contribution in [0.3, 0.4) is 0 Å². The summed E-state index contributed by atoms with van der Waals surface area (Å²) in [6.45, 7) is 9.45. The molecule has 0 heterocycles. The monoisotopic (exact) mass is 527 g/mol. The van der Waals surface area contributed by atoms with Crippen molar-refractivity contribution in [1.29, 1.82) is 0 Å². The number of sulfonamides is 1. The van der Waals surface area contributed by atoms with E-state index < -0.39 is 22.5 Å². The van der Waals surface area contributed by atoms with Gasteiger partial charge in [0.25, 0.3) is 15.9 Å². The van der Waals surface area contributed by atoms with Gasteiger partial charge in [0.1, 0.15) is 5.75 Å². The number of hydrogen-bond acceptors (Lipinski definition) is 4. The first-order valence-electron chi connectivity index (χ1n) is 12.5. The van der Waals surface area contributed by atoms with Crippen molar-refractivity contribution in [3.05, 3.63) is 125 Å². The van der Waals surface area contributed by atoms with Gasteiger partial charge in [0.2, 0.25) is 0 Å². The van der Waals surface area contributed by atoms with Crippen LogP contribution in [-0.2, 0) is 20.2 Å². The van der Waals surface area contributed by atoms with Gasteiger partial charge in [-0.15, -0.1) is 0 Å². The molecule has 0 unspecified atom stereocenters. The molecule has 0 spiro atoms. The molecule has 0 aliphatic heterocycles. The molecule has 0 aliphatic rings. The molecule has 5 nitrogen and oxygen atoms in total. The van der Waals surface area contributed by atoms with Crippen LogP contribution in [0.5, 0.6) is 5.75 Å². The molecule has 0 N–H and O–H groups in total. The first-order chi connectivity index (χ1) is 18.0. The summed E-state index contributed by atoms with van der Waals surface area (Å²) in [6.07, 6.45) is 0. The Morgan fingerprint density at radius 3 is 2.00 bits per heavy atom. The fourth-order valence-corrected chi connectivity index (χ4v) is 5.83. The van der Waals surface area contributed by atoms with Crippen LogP contribution in [0.2, 0.25) is 0 Å². The number of benzene rings is 4. The molecule has 0 saturated carbocycles. The molecule has 0 atom stereocenters. The Labute approximate surface area is 225 Å². The third kappa shape index (κ3) is 5.50. The normalized spacial score (nSPS) is 11.7. The van der Waals surface area contributed by atoms with E-state index in [9.17, 15) is 13.2 Å². The Kier molecular flexibility index (Phi) is 7.74. The summed E-state index contributed by atoms with van der Waals surface area (Å²) in [4.78, 5) is 13.5. The van der Waals surface area contributed by atoms with Crippen molar-refractivity contribution in [1.82, 2.24) is 0 Å². The summed E-state index contributed by atoms with van der Waals surface area (Å²) in [7, 11) is -4.17. The first kappa shape index (κ1) is 27.1. The number of rotatable bonds is 8. The zero-order chi connectivity index (χ0) is 27.5. The van der Waals surface area contributed by atoms with Gasteiger partial charge in [-0.3, -0.25) is 4.79 Å². The predicted octanol–water partition coefficient (Wildman–Crippen LogP) is 6.74. The fourth-order valence-electron chi connectivity index (χ4n) is 4.36. The topological polar surface area (TPSA) is 63.7 Å². The molecule has 38 heavy (non-hydrogen) atoms. The zero-order valence-electron chi connectivity index (χ0n) is 22.4. The van der Waals surface area contributed by atoms with Gasteiger partial charge < -0.3 is 4.74 Å². The van der Waals surface area contributed by atoms with E-state index in [-0.39, 0.29) is 10.3 Å². The highest BCUT2D eigenvalue weighted by molar-refractivity contribution is 7.93. The summed E-state index contributed by atoms with van der Waals surface area (Å²) >= 11 is 0. The Morgan fingerprint density at radius 2 is 1.37 bits per heavy atom. The van der Waals surface area contributed by atoms with Crippen LogP contribution in [-0.4, -0.2) is 20.9 Å². The molecule has 0 aliphatic carbocycles. The van der Waals surface area contributed by atoms with E-state index in [1.54, 1.807) is 24.3 Å². The number of amides is 1. The predicted molar refractivity (Wildman–Crippen MR) is 152 cm³/mol. The van der Waals surface area contributed by atoms with Gasteiger partial charge in [0.05, 0.1) is 10.6 Å². The Morgan fingerprint density at radius 1 is 0.763 bits per heavy atom. The summed E-state index contributed by atoms with van der Waals surface area (Å²) in [5, 5.41) is 0. The van der Waals surface area contributed by atoms with Crippen molar-refractivity contribution in [2.24, 2.45) is 0 Å². The molecule has 4 aromatic carbocycles. The van der Waals surface area contributed by atoms with Gasteiger partial charge in [0, 0.05) is 5.41 Å². The molecule has 196 valence electrons. The van der Waals surface area contributed by atoms with Gasteiger partial charge in [-0.1, -0.05) is 86.1 Å². The van der Waals surface area contributed by atoms with E-state index in [2.05, 4.69) is 26.0 Å². The van der Waals surface area contributed by atoms with Gasteiger partial charge in [-0.05, 0) is 73.4 Å². The largest absolute Gasteiger partial charge is 0.484 e. The van der Waals surface area contributed by atoms with Crippen molar-refractivity contribution < 1.29 is 17.9 Å². The van der Waals surface area contributed by atoms with Crippen molar-refractivity contribution >= 4 is 21.6 Å². The third-order valence-electron chi connectivity index (χ3n) is 7.01. The molecular formula is C32H33NO4S. The van der Waals surface area contributed by atoms with Gasteiger partial charge in [-0.2, -0.15) is 4.31 Å². The minimum absolute atomic E-state index is 0.0462. The van der Waals surface area contributed by atoms with E-state index >= 15 is 0 Å². The molecule has 0 fully saturated rings. The minimum atomic E-state index is -4.17. The maximum absolute atomic E-state index is 13.7. The summed E-state index contributed by atoms with van der Waals surface area (Å²) < 4.78 is 34.1. The maximum Gasteiger partial charge on any atom is 0.278 e. The number of hydrogen-bond donors (Lipinski definition) is 0. The Balaban J connectivity index is 1.60. The number of carbonyl (C=O) groups is 1. The number of nitrogens with zero attached hydrogens (tertiary/aromatic N) is 1. The molecule has 0 aromatic heterocycles. The zero-order valence-corrected chi connectivity index (χ0v) is 23.2. The molecular weight excluding hydrogens is 494 g/mol. The van der Waals surface area contributed by atoms with Crippen LogP contribution in [0.4, 0.5) is 5.69 Å². The van der Waals surface area contributed by atoms with E-state index in [1.807, 2.05) is 69.3 Å². The lowest BCUT2D eigenvalue weighted by molar-refractivity contribution is -0.119.